The molecule has 2 aromatic rings. The summed E-state index contributed by atoms with van der Waals surface area (Å²) in [6, 6.07) is 12.8. The molecule has 0 aliphatic heterocycles. The van der Waals surface area contributed by atoms with E-state index in [0.29, 0.717) is 11.3 Å². The number of para-hydroxylation sites is 1. The number of anilines is 1. The highest BCUT2D eigenvalue weighted by atomic mass is 35.5. The van der Waals surface area contributed by atoms with Crippen LogP contribution in [0.1, 0.15) is 5.56 Å². The summed E-state index contributed by atoms with van der Waals surface area (Å²) < 4.78 is 12.9. The Balaban J connectivity index is 1.89. The Hall–Kier alpha value is -2.40. The van der Waals surface area contributed by atoms with Gasteiger partial charge in [0.05, 0.1) is 11.2 Å². The maximum absolute atomic E-state index is 12.9. The van der Waals surface area contributed by atoms with E-state index in [1.807, 2.05) is 6.07 Å². The molecule has 0 aliphatic rings. The highest BCUT2D eigenvalue weighted by Gasteiger charge is 2.02. The quantitative estimate of drug-likeness (QED) is 0.527. The van der Waals surface area contributed by atoms with E-state index in [1.54, 1.807) is 24.3 Å². The van der Waals surface area contributed by atoms with E-state index in [1.165, 1.54) is 24.4 Å². The molecule has 2 aromatic carbocycles. The molecule has 2 rings (SSSR count). The molecular weight excluding hydrogens is 283 g/mol. The minimum atomic E-state index is -0.722. The average Bonchev–Trinajstić information content (AvgIpc) is 2.44. The monoisotopic (exact) mass is 292 g/mol. The van der Waals surface area contributed by atoms with Crippen LogP contribution in [0.25, 0.3) is 0 Å². The zero-order valence-corrected chi connectivity index (χ0v) is 11.0. The summed E-state index contributed by atoms with van der Waals surface area (Å²) in [5.74, 6) is -0.522. The summed E-state index contributed by atoms with van der Waals surface area (Å²) in [5, 5.41) is 5.95. The highest BCUT2D eigenvalue weighted by Crippen LogP contribution is 2.14. The van der Waals surface area contributed by atoms with Crippen LogP contribution in [0.3, 0.4) is 0 Å². The van der Waals surface area contributed by atoms with Crippen molar-refractivity contribution in [3.05, 3.63) is 64.9 Å². The number of amides is 1. The molecule has 0 radical (unpaired) electrons. The molecule has 102 valence electrons. The first-order chi connectivity index (χ1) is 9.65. The number of oxime groups is 1. The van der Waals surface area contributed by atoms with Crippen LogP contribution in [-0.4, -0.2) is 12.3 Å². The van der Waals surface area contributed by atoms with Gasteiger partial charge in [-0.2, -0.15) is 0 Å². The van der Waals surface area contributed by atoms with Gasteiger partial charge >= 0.3 is 6.09 Å². The van der Waals surface area contributed by atoms with Gasteiger partial charge < -0.3 is 0 Å². The molecule has 0 aliphatic carbocycles. The first-order valence-corrected chi connectivity index (χ1v) is 6.04. The molecule has 0 fully saturated rings. The van der Waals surface area contributed by atoms with Crippen LogP contribution in [0.4, 0.5) is 14.9 Å². The van der Waals surface area contributed by atoms with Crippen LogP contribution < -0.4 is 5.32 Å². The third kappa shape index (κ3) is 4.07. The summed E-state index contributed by atoms with van der Waals surface area (Å²) in [6.07, 6.45) is 0.538. The maximum Gasteiger partial charge on any atom is 0.437 e. The van der Waals surface area contributed by atoms with Gasteiger partial charge in [0.15, 0.2) is 0 Å². The van der Waals surface area contributed by atoms with Gasteiger partial charge in [0.1, 0.15) is 5.82 Å². The molecule has 20 heavy (non-hydrogen) atoms. The van der Waals surface area contributed by atoms with Crippen molar-refractivity contribution in [2.24, 2.45) is 5.16 Å². The van der Waals surface area contributed by atoms with Crippen molar-refractivity contribution in [3.8, 4) is 0 Å². The van der Waals surface area contributed by atoms with Crippen molar-refractivity contribution in [1.82, 2.24) is 0 Å². The third-order valence-electron chi connectivity index (χ3n) is 2.30. The molecule has 6 heteroatoms. The lowest BCUT2D eigenvalue weighted by Gasteiger charge is -2.01. The zero-order valence-electron chi connectivity index (χ0n) is 10.2. The van der Waals surface area contributed by atoms with E-state index in [4.69, 9.17) is 11.6 Å². The first kappa shape index (κ1) is 14.0. The number of halogens is 2. The fourth-order valence-corrected chi connectivity index (χ4v) is 1.58. The van der Waals surface area contributed by atoms with Crippen molar-refractivity contribution in [3.63, 3.8) is 0 Å². The second kappa shape index (κ2) is 6.68. The molecule has 0 unspecified atom stereocenters. The van der Waals surface area contributed by atoms with Crippen molar-refractivity contribution >= 4 is 29.6 Å². The van der Waals surface area contributed by atoms with Crippen LogP contribution in [-0.2, 0) is 4.84 Å². The Morgan fingerprint density at radius 1 is 1.25 bits per heavy atom. The SMILES string of the molecule is O=C(Nc1ccccc1)ON=Cc1ccc(F)c(Cl)c1. The largest absolute Gasteiger partial charge is 0.437 e. The van der Waals surface area contributed by atoms with Gasteiger partial charge in [0.25, 0.3) is 0 Å². The van der Waals surface area contributed by atoms with Crippen molar-refractivity contribution in [1.29, 1.82) is 0 Å². The molecule has 0 saturated heterocycles. The number of carbonyl (C=O) groups excluding carboxylic acids is 1. The number of nitrogens with zero attached hydrogens (tertiary/aromatic N) is 1. The van der Waals surface area contributed by atoms with Crippen LogP contribution in [0.2, 0.25) is 5.02 Å². The van der Waals surface area contributed by atoms with Crippen molar-refractivity contribution in [2.45, 2.75) is 0 Å². The van der Waals surface area contributed by atoms with Crippen LogP contribution >= 0.6 is 11.6 Å². The lowest BCUT2D eigenvalue weighted by Crippen LogP contribution is -2.10. The molecule has 0 heterocycles. The Kier molecular flexibility index (Phi) is 4.68. The molecule has 0 saturated carbocycles. The number of hydrogen-bond acceptors (Lipinski definition) is 3. The van der Waals surface area contributed by atoms with E-state index in [2.05, 4.69) is 15.3 Å². The van der Waals surface area contributed by atoms with E-state index in [0.717, 1.165) is 0 Å². The van der Waals surface area contributed by atoms with Gasteiger partial charge in [0.2, 0.25) is 0 Å². The normalized spacial score (nSPS) is 10.5. The third-order valence-corrected chi connectivity index (χ3v) is 2.59. The minimum absolute atomic E-state index is 0.0253. The summed E-state index contributed by atoms with van der Waals surface area (Å²) in [4.78, 5) is 16.0. The predicted molar refractivity (Wildman–Crippen MR) is 75.5 cm³/mol. The standard InChI is InChI=1S/C14H10ClFN2O2/c15-12-8-10(6-7-13(12)16)9-17-20-14(19)18-11-4-2-1-3-5-11/h1-9H,(H,18,19). The average molecular weight is 293 g/mol. The lowest BCUT2D eigenvalue weighted by atomic mass is 10.2. The second-order valence-corrected chi connectivity index (χ2v) is 4.19. The number of nitrogens with one attached hydrogen (secondary N) is 1. The van der Waals surface area contributed by atoms with E-state index >= 15 is 0 Å². The molecule has 1 N–H and O–H groups in total. The molecular formula is C14H10ClFN2O2. The van der Waals surface area contributed by atoms with Gasteiger partial charge in [-0.25, -0.2) is 9.18 Å². The molecule has 0 atom stereocenters. The molecule has 0 spiro atoms. The predicted octanol–water partition coefficient (Wildman–Crippen LogP) is 4.06. The number of benzene rings is 2. The summed E-state index contributed by atoms with van der Waals surface area (Å²) in [5.41, 5.74) is 1.11. The minimum Gasteiger partial charge on any atom is -0.298 e. The first-order valence-electron chi connectivity index (χ1n) is 5.66. The summed E-state index contributed by atoms with van der Waals surface area (Å²) in [6.45, 7) is 0. The lowest BCUT2D eigenvalue weighted by molar-refractivity contribution is 0.167. The second-order valence-electron chi connectivity index (χ2n) is 3.78. The number of rotatable bonds is 3. The molecule has 1 amide bonds. The Morgan fingerprint density at radius 2 is 2.00 bits per heavy atom. The highest BCUT2D eigenvalue weighted by molar-refractivity contribution is 6.31. The van der Waals surface area contributed by atoms with Crippen LogP contribution in [0.15, 0.2) is 53.7 Å². The van der Waals surface area contributed by atoms with Crippen LogP contribution in [0, 0.1) is 5.82 Å². The Bertz CT molecular complexity index is 632. The van der Waals surface area contributed by atoms with Crippen molar-refractivity contribution in [2.75, 3.05) is 5.32 Å². The van der Waals surface area contributed by atoms with Gasteiger partial charge in [-0.15, -0.1) is 0 Å². The van der Waals surface area contributed by atoms with Gasteiger partial charge in [-0.3, -0.25) is 10.2 Å². The summed E-state index contributed by atoms with van der Waals surface area (Å²) >= 11 is 5.61. The smallest absolute Gasteiger partial charge is 0.298 e. The summed E-state index contributed by atoms with van der Waals surface area (Å²) in [7, 11) is 0. The topological polar surface area (TPSA) is 50.7 Å². The Labute approximate surface area is 119 Å². The molecule has 0 bridgehead atoms. The fourth-order valence-electron chi connectivity index (χ4n) is 1.39. The van der Waals surface area contributed by atoms with E-state index in [-0.39, 0.29) is 5.02 Å². The fraction of sp³-hybridized carbons (Fsp3) is 0. The van der Waals surface area contributed by atoms with E-state index < -0.39 is 11.9 Å². The van der Waals surface area contributed by atoms with Gasteiger partial charge in [0, 0.05) is 5.69 Å². The molecule has 4 nitrogen and oxygen atoms in total. The van der Waals surface area contributed by atoms with Crippen LogP contribution in [0.5, 0.6) is 0 Å². The van der Waals surface area contributed by atoms with Gasteiger partial charge in [-0.1, -0.05) is 41.0 Å². The zero-order chi connectivity index (χ0) is 14.4. The number of hydrogen-bond donors (Lipinski definition) is 1. The Morgan fingerprint density at radius 3 is 2.70 bits per heavy atom. The van der Waals surface area contributed by atoms with Gasteiger partial charge in [-0.05, 0) is 29.8 Å². The molecule has 0 aromatic heterocycles. The maximum atomic E-state index is 12.9. The van der Waals surface area contributed by atoms with Crippen molar-refractivity contribution < 1.29 is 14.0 Å². The number of carbonyl (C=O) groups is 1. The van der Waals surface area contributed by atoms with E-state index in [9.17, 15) is 9.18 Å².